The number of nitrogens with zero attached hydrogens (tertiary/aromatic N) is 1. The lowest BCUT2D eigenvalue weighted by atomic mass is 9.88. The molecule has 1 aromatic carbocycles. The topological polar surface area (TPSA) is 68.1 Å². The molecule has 0 radical (unpaired) electrons. The quantitative estimate of drug-likeness (QED) is 0.428. The van der Waals surface area contributed by atoms with Gasteiger partial charge in [-0.25, -0.2) is 4.39 Å². The average molecular weight is 417 g/mol. The number of benzene rings is 1. The van der Waals surface area contributed by atoms with E-state index in [-0.39, 0.29) is 5.78 Å². The molecular weight excluding hydrogens is 395 g/mol. The zero-order valence-electron chi connectivity index (χ0n) is 15.8. The molecule has 8 heteroatoms. The van der Waals surface area contributed by atoms with Crippen LogP contribution in [0.5, 0.6) is 0 Å². The summed E-state index contributed by atoms with van der Waals surface area (Å²) < 4.78 is 18.8. The number of halogens is 1. The first-order valence-corrected chi connectivity index (χ1v) is 10.5. The van der Waals surface area contributed by atoms with Gasteiger partial charge in [-0.3, -0.25) is 14.4 Å². The van der Waals surface area contributed by atoms with Crippen molar-refractivity contribution in [2.75, 3.05) is 39.4 Å². The molecule has 152 valence electrons. The summed E-state index contributed by atoms with van der Waals surface area (Å²) in [6, 6.07) is 8.37. The number of nitrogens with one attached hydrogen (secondary N) is 1. The van der Waals surface area contributed by atoms with Crippen molar-refractivity contribution in [2.24, 2.45) is 5.92 Å². The molecule has 1 amide bonds. The van der Waals surface area contributed by atoms with Gasteiger partial charge in [0.25, 0.3) is 5.91 Å². The molecule has 0 saturated carbocycles. The Labute approximate surface area is 171 Å². The predicted molar refractivity (Wildman–Crippen MR) is 104 cm³/mol. The second-order valence-corrected chi connectivity index (χ2v) is 8.24. The van der Waals surface area contributed by atoms with E-state index < -0.39 is 29.5 Å². The van der Waals surface area contributed by atoms with Crippen LogP contribution >= 0.6 is 11.3 Å². The molecule has 3 heterocycles. The van der Waals surface area contributed by atoms with Crippen LogP contribution in [0.4, 0.5) is 4.39 Å². The monoisotopic (exact) mass is 417 g/mol. The van der Waals surface area contributed by atoms with Gasteiger partial charge in [-0.05, 0) is 29.1 Å². The van der Waals surface area contributed by atoms with Gasteiger partial charge in [-0.1, -0.05) is 18.2 Å². The van der Waals surface area contributed by atoms with Crippen LogP contribution in [-0.4, -0.2) is 61.8 Å². The Bertz CT molecular complexity index is 894. The Morgan fingerprint density at radius 1 is 1.17 bits per heavy atom. The number of hydrogen-bond acceptors (Lipinski definition) is 5. The number of ether oxygens (including phenoxy) is 1. The summed E-state index contributed by atoms with van der Waals surface area (Å²) in [6.45, 7) is 4.05. The first-order valence-electron chi connectivity index (χ1n) is 9.65. The number of Topliss-reactive ketones (excluding diaryl/α,β-unsaturated/α-hetero) is 2. The standard InChI is InChI=1S/C21H21FN2O4S/c22-15-5-3-14(4-6-15)18-17(19(25)16-2-1-13-29-16)20(26)21(27)24(18)8-7-23-9-11-28-12-10-23/h1-6,13,17-18H,7-12H2/p+1. The number of likely N-dealkylation sites (tertiary alicyclic amines) is 1. The van der Waals surface area contributed by atoms with Crippen LogP contribution in [0.3, 0.4) is 0 Å². The molecule has 2 aromatic rings. The number of rotatable bonds is 6. The van der Waals surface area contributed by atoms with E-state index in [2.05, 4.69) is 0 Å². The minimum Gasteiger partial charge on any atom is -0.370 e. The second kappa shape index (κ2) is 8.52. The molecule has 1 N–H and O–H groups in total. The Balaban J connectivity index is 1.64. The van der Waals surface area contributed by atoms with Crippen LogP contribution in [0, 0.1) is 11.7 Å². The van der Waals surface area contributed by atoms with Crippen molar-refractivity contribution in [1.29, 1.82) is 0 Å². The van der Waals surface area contributed by atoms with Crippen LogP contribution in [0.1, 0.15) is 21.3 Å². The zero-order valence-corrected chi connectivity index (χ0v) is 16.6. The summed E-state index contributed by atoms with van der Waals surface area (Å²) in [5.74, 6) is -3.19. The molecule has 29 heavy (non-hydrogen) atoms. The van der Waals surface area contributed by atoms with Crippen LogP contribution in [-0.2, 0) is 14.3 Å². The molecule has 0 aliphatic carbocycles. The largest absolute Gasteiger partial charge is 0.370 e. The molecule has 1 aromatic heterocycles. The van der Waals surface area contributed by atoms with Gasteiger partial charge < -0.3 is 14.5 Å². The number of amides is 1. The maximum absolute atomic E-state index is 13.5. The fraction of sp³-hybridized carbons (Fsp3) is 0.381. The lowest BCUT2D eigenvalue weighted by molar-refractivity contribution is -0.907. The van der Waals surface area contributed by atoms with Gasteiger partial charge in [0.2, 0.25) is 5.78 Å². The first kappa shape index (κ1) is 19.9. The summed E-state index contributed by atoms with van der Waals surface area (Å²) in [5, 5.41) is 1.76. The Hall–Kier alpha value is -2.42. The minimum atomic E-state index is -1.11. The summed E-state index contributed by atoms with van der Waals surface area (Å²) >= 11 is 1.25. The smallest absolute Gasteiger partial charge is 0.291 e. The molecule has 2 atom stereocenters. The summed E-state index contributed by atoms with van der Waals surface area (Å²) in [5.41, 5.74) is 0.595. The number of carbonyl (C=O) groups is 3. The summed E-state index contributed by atoms with van der Waals surface area (Å²) in [4.78, 5) is 42.0. The predicted octanol–water partition coefficient (Wildman–Crippen LogP) is 0.754. The fourth-order valence-electron chi connectivity index (χ4n) is 4.02. The van der Waals surface area contributed by atoms with E-state index in [4.69, 9.17) is 4.74 Å². The van der Waals surface area contributed by atoms with Crippen molar-refractivity contribution in [1.82, 2.24) is 4.90 Å². The van der Waals surface area contributed by atoms with Gasteiger partial charge in [-0.2, -0.15) is 0 Å². The van der Waals surface area contributed by atoms with E-state index in [0.29, 0.717) is 36.7 Å². The number of hydrogen-bond donors (Lipinski definition) is 1. The number of quaternary nitrogens is 1. The highest BCUT2D eigenvalue weighted by Gasteiger charge is 2.51. The molecule has 2 saturated heterocycles. The van der Waals surface area contributed by atoms with E-state index in [1.165, 1.54) is 33.3 Å². The van der Waals surface area contributed by atoms with Crippen molar-refractivity contribution in [3.05, 3.63) is 58.0 Å². The van der Waals surface area contributed by atoms with Crippen molar-refractivity contribution < 1.29 is 28.4 Å². The molecule has 2 fully saturated rings. The molecule has 2 unspecified atom stereocenters. The first-order chi connectivity index (χ1) is 14.1. The normalized spacial score (nSPS) is 23.0. The van der Waals surface area contributed by atoms with E-state index in [9.17, 15) is 18.8 Å². The van der Waals surface area contributed by atoms with E-state index in [1.807, 2.05) is 0 Å². The van der Waals surface area contributed by atoms with Gasteiger partial charge in [0, 0.05) is 0 Å². The molecule has 0 spiro atoms. The second-order valence-electron chi connectivity index (χ2n) is 7.29. The van der Waals surface area contributed by atoms with Gasteiger partial charge in [0.1, 0.15) is 24.8 Å². The lowest BCUT2D eigenvalue weighted by Crippen LogP contribution is -3.14. The Morgan fingerprint density at radius 2 is 1.90 bits per heavy atom. The van der Waals surface area contributed by atoms with Crippen molar-refractivity contribution >= 4 is 28.8 Å². The highest BCUT2D eigenvalue weighted by atomic mass is 32.1. The van der Waals surface area contributed by atoms with Crippen molar-refractivity contribution in [3.8, 4) is 0 Å². The lowest BCUT2D eigenvalue weighted by Gasteiger charge is -2.30. The van der Waals surface area contributed by atoms with Gasteiger partial charge in [-0.15, -0.1) is 11.3 Å². The SMILES string of the molecule is O=C1C(=O)N(CC[NH+]2CCOCC2)C(c2ccc(F)cc2)C1C(=O)c1cccs1. The number of carbonyl (C=O) groups excluding carboxylic acids is 3. The summed E-state index contributed by atoms with van der Waals surface area (Å²) in [7, 11) is 0. The van der Waals surface area contributed by atoms with Crippen molar-refractivity contribution in [3.63, 3.8) is 0 Å². The number of thiophene rings is 1. The minimum absolute atomic E-state index is 0.353. The highest BCUT2D eigenvalue weighted by molar-refractivity contribution is 7.12. The van der Waals surface area contributed by atoms with Crippen LogP contribution in [0.25, 0.3) is 0 Å². The van der Waals surface area contributed by atoms with E-state index in [0.717, 1.165) is 13.1 Å². The van der Waals surface area contributed by atoms with Crippen LogP contribution < -0.4 is 4.90 Å². The average Bonchev–Trinajstić information content (AvgIpc) is 3.36. The van der Waals surface area contributed by atoms with Crippen molar-refractivity contribution in [2.45, 2.75) is 6.04 Å². The van der Waals surface area contributed by atoms with E-state index >= 15 is 0 Å². The fourth-order valence-corrected chi connectivity index (χ4v) is 4.72. The molecule has 6 nitrogen and oxygen atoms in total. The molecule has 2 aliphatic rings. The zero-order chi connectivity index (χ0) is 20.4. The molecule has 4 rings (SSSR count). The summed E-state index contributed by atoms with van der Waals surface area (Å²) in [6.07, 6.45) is 0. The third kappa shape index (κ3) is 4.01. The third-order valence-electron chi connectivity index (χ3n) is 5.57. The molecular formula is C21H22FN2O4S+. The number of ketones is 2. The van der Waals surface area contributed by atoms with Crippen LogP contribution in [0.15, 0.2) is 41.8 Å². The van der Waals surface area contributed by atoms with Gasteiger partial charge in [0.15, 0.2) is 5.78 Å². The molecule has 2 aliphatic heterocycles. The van der Waals surface area contributed by atoms with E-state index in [1.54, 1.807) is 29.6 Å². The Morgan fingerprint density at radius 3 is 2.55 bits per heavy atom. The Kier molecular flexibility index (Phi) is 5.84. The van der Waals surface area contributed by atoms with Gasteiger partial charge in [0.05, 0.1) is 37.2 Å². The molecule has 0 bridgehead atoms. The number of morpholine rings is 1. The maximum atomic E-state index is 13.5. The highest BCUT2D eigenvalue weighted by Crippen LogP contribution is 2.38. The maximum Gasteiger partial charge on any atom is 0.291 e. The van der Waals surface area contributed by atoms with Gasteiger partial charge >= 0.3 is 0 Å². The third-order valence-corrected chi connectivity index (χ3v) is 6.45. The van der Waals surface area contributed by atoms with Crippen LogP contribution in [0.2, 0.25) is 0 Å².